The van der Waals surface area contributed by atoms with Crippen LogP contribution in [0.2, 0.25) is 0 Å². The highest BCUT2D eigenvalue weighted by Crippen LogP contribution is 2.30. The van der Waals surface area contributed by atoms with Crippen LogP contribution in [0.5, 0.6) is 0 Å². The topological polar surface area (TPSA) is 55.8 Å². The summed E-state index contributed by atoms with van der Waals surface area (Å²) >= 11 is 0. The van der Waals surface area contributed by atoms with Gasteiger partial charge in [0, 0.05) is 12.8 Å². The number of aliphatic hydroxyl groups excluding tert-OH is 1. The monoisotopic (exact) mass is 298 g/mol. The van der Waals surface area contributed by atoms with Crippen LogP contribution >= 0.6 is 0 Å². The quantitative estimate of drug-likeness (QED) is 0.859. The third kappa shape index (κ3) is 3.18. The zero-order valence-corrected chi connectivity index (χ0v) is 12.1. The van der Waals surface area contributed by atoms with E-state index >= 15 is 0 Å². The summed E-state index contributed by atoms with van der Waals surface area (Å²) in [6, 6.07) is 19.2. The van der Waals surface area contributed by atoms with Gasteiger partial charge in [0.15, 0.2) is 6.10 Å². The lowest BCUT2D eigenvalue weighted by molar-refractivity contribution is -0.194. The minimum atomic E-state index is -1.28. The van der Waals surface area contributed by atoms with Crippen molar-refractivity contribution in [1.29, 1.82) is 0 Å². The summed E-state index contributed by atoms with van der Waals surface area (Å²) in [6.07, 6.45) is 0.0932. The van der Waals surface area contributed by atoms with Gasteiger partial charge in [-0.1, -0.05) is 60.7 Å². The Morgan fingerprint density at radius 2 is 1.55 bits per heavy atom. The first-order chi connectivity index (χ1) is 10.7. The second-order valence-corrected chi connectivity index (χ2v) is 5.45. The van der Waals surface area contributed by atoms with E-state index < -0.39 is 17.9 Å². The molecule has 2 atom stereocenters. The van der Waals surface area contributed by atoms with Gasteiger partial charge in [0.25, 0.3) is 0 Å². The second kappa shape index (κ2) is 6.30. The lowest BCUT2D eigenvalue weighted by atomic mass is 10.1. The Bertz CT molecular complexity index is 626. The Labute approximate surface area is 129 Å². The molecule has 3 rings (SSSR count). The highest BCUT2D eigenvalue weighted by Gasteiger charge is 2.47. The van der Waals surface area contributed by atoms with Crippen LogP contribution < -0.4 is 0 Å². The Balaban J connectivity index is 1.73. The molecule has 0 amide bonds. The molecule has 0 bridgehead atoms. The minimum Gasteiger partial charge on any atom is -0.428 e. The van der Waals surface area contributed by atoms with E-state index in [4.69, 9.17) is 9.47 Å². The van der Waals surface area contributed by atoms with Crippen molar-refractivity contribution in [3.05, 3.63) is 71.8 Å². The van der Waals surface area contributed by atoms with Crippen molar-refractivity contribution < 1.29 is 19.4 Å². The van der Waals surface area contributed by atoms with E-state index in [2.05, 4.69) is 0 Å². The largest absolute Gasteiger partial charge is 0.428 e. The number of ether oxygens (including phenoxy) is 2. The normalized spacial score (nSPS) is 24.2. The maximum Gasteiger partial charge on any atom is 0.338 e. The van der Waals surface area contributed by atoms with Gasteiger partial charge in [0.1, 0.15) is 6.61 Å². The van der Waals surface area contributed by atoms with Crippen LogP contribution in [-0.2, 0) is 27.1 Å². The van der Waals surface area contributed by atoms with Crippen molar-refractivity contribution in [2.45, 2.75) is 24.7 Å². The van der Waals surface area contributed by atoms with Gasteiger partial charge in [-0.25, -0.2) is 4.79 Å². The van der Waals surface area contributed by atoms with Gasteiger partial charge in [-0.05, 0) is 11.1 Å². The molecule has 1 aliphatic heterocycles. The van der Waals surface area contributed by atoms with Gasteiger partial charge in [-0.3, -0.25) is 0 Å². The van der Waals surface area contributed by atoms with E-state index in [9.17, 15) is 9.90 Å². The third-order valence-electron chi connectivity index (χ3n) is 3.73. The molecule has 0 aliphatic carbocycles. The molecule has 4 nitrogen and oxygen atoms in total. The highest BCUT2D eigenvalue weighted by molar-refractivity contribution is 5.77. The Kier molecular flexibility index (Phi) is 4.22. The first-order valence-corrected chi connectivity index (χ1v) is 7.30. The number of benzene rings is 2. The molecule has 2 aromatic carbocycles. The Hall–Kier alpha value is -2.17. The van der Waals surface area contributed by atoms with Crippen molar-refractivity contribution in [2.75, 3.05) is 6.61 Å². The fourth-order valence-electron chi connectivity index (χ4n) is 2.64. The fourth-order valence-corrected chi connectivity index (χ4v) is 2.64. The molecule has 4 heteroatoms. The Morgan fingerprint density at radius 1 is 0.955 bits per heavy atom. The molecule has 22 heavy (non-hydrogen) atoms. The molecular weight excluding hydrogens is 280 g/mol. The molecule has 1 fully saturated rings. The maximum absolute atomic E-state index is 12.1. The summed E-state index contributed by atoms with van der Waals surface area (Å²) in [5.41, 5.74) is 1.95. The van der Waals surface area contributed by atoms with Crippen LogP contribution in [0.25, 0.3) is 0 Å². The molecule has 1 aliphatic rings. The predicted molar refractivity (Wildman–Crippen MR) is 81.1 cm³/mol. The third-order valence-corrected chi connectivity index (χ3v) is 3.73. The molecule has 1 saturated heterocycles. The summed E-state index contributed by atoms with van der Waals surface area (Å²) in [5, 5.41) is 9.68. The van der Waals surface area contributed by atoms with Crippen molar-refractivity contribution >= 4 is 5.97 Å². The first-order valence-electron chi connectivity index (χ1n) is 7.30. The van der Waals surface area contributed by atoms with Crippen LogP contribution in [-0.4, -0.2) is 29.6 Å². The van der Waals surface area contributed by atoms with Crippen LogP contribution in [0.15, 0.2) is 60.7 Å². The minimum absolute atomic E-state index is 0.335. The van der Waals surface area contributed by atoms with Crippen LogP contribution in [0, 0.1) is 0 Å². The molecule has 0 unspecified atom stereocenters. The molecule has 0 spiro atoms. The van der Waals surface area contributed by atoms with Gasteiger partial charge in [0.05, 0.1) is 0 Å². The van der Waals surface area contributed by atoms with E-state index in [0.717, 1.165) is 11.1 Å². The molecular formula is C18H18O4. The molecule has 0 aromatic heterocycles. The molecule has 1 N–H and O–H groups in total. The van der Waals surface area contributed by atoms with Crippen molar-refractivity contribution in [3.63, 3.8) is 0 Å². The first kappa shape index (κ1) is 14.8. The number of hydrogen-bond acceptors (Lipinski definition) is 4. The van der Waals surface area contributed by atoms with E-state index in [1.807, 2.05) is 60.7 Å². The maximum atomic E-state index is 12.1. The van der Waals surface area contributed by atoms with Gasteiger partial charge >= 0.3 is 5.97 Å². The fraction of sp³-hybridized carbons (Fsp3) is 0.278. The van der Waals surface area contributed by atoms with Gasteiger partial charge < -0.3 is 14.6 Å². The molecule has 2 aromatic rings. The molecule has 0 saturated carbocycles. The summed E-state index contributed by atoms with van der Waals surface area (Å²) in [7, 11) is 0. The van der Waals surface area contributed by atoms with Gasteiger partial charge in [-0.2, -0.15) is 0 Å². The second-order valence-electron chi connectivity index (χ2n) is 5.45. The predicted octanol–water partition coefficient (Wildman–Crippen LogP) is 2.10. The summed E-state index contributed by atoms with van der Waals surface area (Å²) in [5.74, 6) is -1.70. The summed E-state index contributed by atoms with van der Waals surface area (Å²) < 4.78 is 11.2. The number of hydrogen-bond donors (Lipinski definition) is 1. The zero-order valence-electron chi connectivity index (χ0n) is 12.1. The van der Waals surface area contributed by atoms with Crippen LogP contribution in [0.3, 0.4) is 0 Å². The lowest BCUT2D eigenvalue weighted by Gasteiger charge is -2.24. The smallest absolute Gasteiger partial charge is 0.338 e. The molecule has 114 valence electrons. The lowest BCUT2D eigenvalue weighted by Crippen LogP contribution is -2.38. The number of cyclic esters (lactones) is 1. The number of carbonyl (C=O) groups is 1. The standard InChI is InChI=1S/C18H18O4/c19-13-18(12-15-9-5-2-6-10-15)21-16(17(20)22-18)11-14-7-3-1-4-8-14/h1-10,16,19H,11-13H2/t16-,18+/m1/s1. The van der Waals surface area contributed by atoms with E-state index in [1.165, 1.54) is 0 Å². The number of rotatable bonds is 5. The van der Waals surface area contributed by atoms with Crippen molar-refractivity contribution in [3.8, 4) is 0 Å². The van der Waals surface area contributed by atoms with Crippen LogP contribution in [0.4, 0.5) is 0 Å². The van der Waals surface area contributed by atoms with Crippen molar-refractivity contribution in [1.82, 2.24) is 0 Å². The Morgan fingerprint density at radius 3 is 2.14 bits per heavy atom. The van der Waals surface area contributed by atoms with Crippen molar-refractivity contribution in [2.24, 2.45) is 0 Å². The van der Waals surface area contributed by atoms with Gasteiger partial charge in [-0.15, -0.1) is 0 Å². The van der Waals surface area contributed by atoms with Crippen LogP contribution in [0.1, 0.15) is 11.1 Å². The molecule has 1 heterocycles. The summed E-state index contributed by atoms with van der Waals surface area (Å²) in [6.45, 7) is -0.362. The average molecular weight is 298 g/mol. The highest BCUT2D eigenvalue weighted by atomic mass is 16.8. The summed E-state index contributed by atoms with van der Waals surface area (Å²) in [4.78, 5) is 12.1. The number of aliphatic hydroxyl groups is 1. The van der Waals surface area contributed by atoms with E-state index in [1.54, 1.807) is 0 Å². The van der Waals surface area contributed by atoms with E-state index in [0.29, 0.717) is 12.8 Å². The number of carbonyl (C=O) groups excluding carboxylic acids is 1. The SMILES string of the molecule is O=C1O[C@](CO)(Cc2ccccc2)O[C@@H]1Cc1ccccc1. The van der Waals surface area contributed by atoms with E-state index in [-0.39, 0.29) is 6.61 Å². The average Bonchev–Trinajstić information content (AvgIpc) is 2.86. The van der Waals surface area contributed by atoms with Gasteiger partial charge in [0.2, 0.25) is 5.79 Å². The molecule has 0 radical (unpaired) electrons. The number of esters is 1. The zero-order chi connectivity index (χ0) is 15.4.